The molecule has 7 nitrogen and oxygen atoms in total. The van der Waals surface area contributed by atoms with E-state index in [2.05, 4.69) is 0 Å². The number of hydrogen-bond acceptors (Lipinski definition) is 7. The summed E-state index contributed by atoms with van der Waals surface area (Å²) in [6, 6.07) is 7.77. The minimum atomic E-state index is -1.63. The molecule has 9 heteroatoms. The number of rotatable bonds is 6. The lowest BCUT2D eigenvalue weighted by atomic mass is 9.96. The molecule has 0 unspecified atom stereocenters. The van der Waals surface area contributed by atoms with Crippen molar-refractivity contribution < 1.29 is 39.4 Å². The van der Waals surface area contributed by atoms with Crippen LogP contribution in [0.25, 0.3) is 0 Å². The second-order valence-corrected chi connectivity index (χ2v) is 8.19. The monoisotopic (exact) mass is 456 g/mol. The largest absolute Gasteiger partial charge is 0.462 e. The molecule has 5 N–H and O–H groups in total. The molecule has 0 spiro atoms. The lowest BCUT2D eigenvalue weighted by Crippen LogP contribution is -2.61. The maximum absolute atomic E-state index is 14.4. The van der Waals surface area contributed by atoms with E-state index in [4.69, 9.17) is 21.1 Å². The Labute approximate surface area is 184 Å². The van der Waals surface area contributed by atoms with Crippen LogP contribution in [0.15, 0.2) is 30.3 Å². The van der Waals surface area contributed by atoms with Crippen LogP contribution in [-0.4, -0.2) is 62.3 Å². The van der Waals surface area contributed by atoms with Gasteiger partial charge < -0.3 is 35.0 Å². The zero-order valence-electron chi connectivity index (χ0n) is 17.1. The van der Waals surface area contributed by atoms with Gasteiger partial charge in [-0.1, -0.05) is 23.7 Å². The van der Waals surface area contributed by atoms with E-state index in [1.54, 1.807) is 19.1 Å². The highest BCUT2D eigenvalue weighted by molar-refractivity contribution is 6.31. The third-order valence-corrected chi connectivity index (χ3v) is 5.64. The topological polar surface area (TPSA) is 120 Å². The van der Waals surface area contributed by atoms with Gasteiger partial charge in [-0.15, -0.1) is 0 Å². The van der Waals surface area contributed by atoms with Gasteiger partial charge in [0.05, 0.1) is 12.7 Å². The summed E-state index contributed by atoms with van der Waals surface area (Å²) in [6.07, 6.45) is -8.55. The number of aryl methyl sites for hydroxylation is 1. The average molecular weight is 457 g/mol. The van der Waals surface area contributed by atoms with Crippen molar-refractivity contribution in [3.05, 3.63) is 63.4 Å². The summed E-state index contributed by atoms with van der Waals surface area (Å²) < 4.78 is 25.7. The first-order chi connectivity index (χ1) is 14.6. The summed E-state index contributed by atoms with van der Waals surface area (Å²) in [5.41, 5.74) is 1.91. The molecular weight excluding hydrogens is 431 g/mol. The molecule has 1 aliphatic rings. The Bertz CT molecular complexity index is 923. The SMILES string of the molecule is Cc1ccc(Cc2c(Cl)cc(CO)cc2O[C@@H]2O[C@H]([C@@H](C)O)[C@@H](O)[C@H](O)[C@H]2O)c(F)c1. The van der Waals surface area contributed by atoms with E-state index in [9.17, 15) is 29.9 Å². The molecule has 31 heavy (non-hydrogen) atoms. The molecule has 2 aromatic carbocycles. The third-order valence-electron chi connectivity index (χ3n) is 5.30. The van der Waals surface area contributed by atoms with Crippen LogP contribution < -0.4 is 4.74 Å². The van der Waals surface area contributed by atoms with Crippen LogP contribution in [0.2, 0.25) is 5.02 Å². The number of benzene rings is 2. The van der Waals surface area contributed by atoms with E-state index in [1.165, 1.54) is 25.1 Å². The van der Waals surface area contributed by atoms with Gasteiger partial charge in [0.1, 0.15) is 36.0 Å². The van der Waals surface area contributed by atoms with E-state index in [0.717, 1.165) is 5.56 Å². The number of aliphatic hydroxyl groups is 5. The standard InChI is InChI=1S/C22H26ClFO7/c1-10-3-4-13(16(24)5-10)8-14-15(23)6-12(9-25)7-17(14)30-22-20(29)18(27)19(28)21(31-22)11(2)26/h3-7,11,18-22,25-29H,8-9H2,1-2H3/t11-,18+,19+,20-,21-,22-/m1/s1. The first-order valence-electron chi connectivity index (χ1n) is 9.84. The average Bonchev–Trinajstić information content (AvgIpc) is 2.71. The molecule has 1 saturated heterocycles. The fourth-order valence-electron chi connectivity index (χ4n) is 3.51. The Balaban J connectivity index is 1.96. The summed E-state index contributed by atoms with van der Waals surface area (Å²) in [6.45, 7) is 2.79. The van der Waals surface area contributed by atoms with E-state index in [1.807, 2.05) is 0 Å². The zero-order valence-corrected chi connectivity index (χ0v) is 17.8. The van der Waals surface area contributed by atoms with Crippen molar-refractivity contribution in [3.63, 3.8) is 0 Å². The minimum absolute atomic E-state index is 0.0554. The maximum atomic E-state index is 14.4. The minimum Gasteiger partial charge on any atom is -0.462 e. The molecule has 1 fully saturated rings. The van der Waals surface area contributed by atoms with Gasteiger partial charge in [0.15, 0.2) is 0 Å². The molecule has 0 radical (unpaired) electrons. The highest BCUT2D eigenvalue weighted by atomic mass is 35.5. The van der Waals surface area contributed by atoms with Gasteiger partial charge >= 0.3 is 0 Å². The van der Waals surface area contributed by atoms with Crippen molar-refractivity contribution in [1.29, 1.82) is 0 Å². The summed E-state index contributed by atoms with van der Waals surface area (Å²) in [7, 11) is 0. The predicted octanol–water partition coefficient (Wildman–Crippen LogP) is 1.44. The summed E-state index contributed by atoms with van der Waals surface area (Å²) in [4.78, 5) is 0. The number of hydrogen-bond donors (Lipinski definition) is 5. The highest BCUT2D eigenvalue weighted by Crippen LogP contribution is 2.34. The van der Waals surface area contributed by atoms with Gasteiger partial charge in [0.25, 0.3) is 0 Å². The molecule has 2 aromatic rings. The molecule has 0 saturated carbocycles. The normalized spacial score (nSPS) is 27.2. The summed E-state index contributed by atoms with van der Waals surface area (Å²) >= 11 is 6.39. The van der Waals surface area contributed by atoms with Gasteiger partial charge in [0.2, 0.25) is 6.29 Å². The molecule has 0 aromatic heterocycles. The van der Waals surface area contributed by atoms with Crippen LogP contribution in [0.4, 0.5) is 4.39 Å². The molecule has 0 amide bonds. The molecule has 170 valence electrons. The Morgan fingerprint density at radius 1 is 1.13 bits per heavy atom. The van der Waals surface area contributed by atoms with Gasteiger partial charge in [-0.2, -0.15) is 0 Å². The second-order valence-electron chi connectivity index (χ2n) is 7.78. The van der Waals surface area contributed by atoms with Gasteiger partial charge in [-0.3, -0.25) is 0 Å². The van der Waals surface area contributed by atoms with Crippen LogP contribution in [-0.2, 0) is 17.8 Å². The van der Waals surface area contributed by atoms with Crippen molar-refractivity contribution in [1.82, 2.24) is 0 Å². The molecule has 0 bridgehead atoms. The van der Waals surface area contributed by atoms with E-state index < -0.39 is 42.6 Å². The molecule has 3 rings (SSSR count). The predicted molar refractivity (Wildman–Crippen MR) is 110 cm³/mol. The van der Waals surface area contributed by atoms with E-state index in [0.29, 0.717) is 16.7 Å². The lowest BCUT2D eigenvalue weighted by molar-refractivity contribution is -0.286. The van der Waals surface area contributed by atoms with Crippen molar-refractivity contribution in [2.75, 3.05) is 0 Å². The Morgan fingerprint density at radius 3 is 2.45 bits per heavy atom. The zero-order chi connectivity index (χ0) is 22.9. The highest BCUT2D eigenvalue weighted by Gasteiger charge is 2.46. The van der Waals surface area contributed by atoms with Gasteiger partial charge in [-0.25, -0.2) is 4.39 Å². The van der Waals surface area contributed by atoms with Crippen LogP contribution in [0.1, 0.15) is 29.2 Å². The smallest absolute Gasteiger partial charge is 0.229 e. The summed E-state index contributed by atoms with van der Waals surface area (Å²) in [5, 5.41) is 50.1. The first kappa shape index (κ1) is 23.9. The third kappa shape index (κ3) is 5.18. The fourth-order valence-corrected chi connectivity index (χ4v) is 3.81. The number of ether oxygens (including phenoxy) is 2. The molecular formula is C22H26ClFO7. The molecule has 6 atom stereocenters. The molecule has 1 heterocycles. The lowest BCUT2D eigenvalue weighted by Gasteiger charge is -2.41. The number of aliphatic hydroxyl groups excluding tert-OH is 5. The maximum Gasteiger partial charge on any atom is 0.229 e. The van der Waals surface area contributed by atoms with Crippen molar-refractivity contribution in [2.24, 2.45) is 0 Å². The van der Waals surface area contributed by atoms with Crippen LogP contribution in [0.5, 0.6) is 5.75 Å². The van der Waals surface area contributed by atoms with E-state index in [-0.39, 0.29) is 23.8 Å². The molecule has 0 aliphatic carbocycles. The Hall–Kier alpha value is -1.78. The molecule has 1 aliphatic heterocycles. The number of halogens is 2. The van der Waals surface area contributed by atoms with Gasteiger partial charge in [-0.05, 0) is 48.7 Å². The van der Waals surface area contributed by atoms with E-state index >= 15 is 0 Å². The van der Waals surface area contributed by atoms with Gasteiger partial charge in [0, 0.05) is 17.0 Å². The second kappa shape index (κ2) is 9.79. The Morgan fingerprint density at radius 2 is 1.84 bits per heavy atom. The van der Waals surface area contributed by atoms with Crippen LogP contribution in [0.3, 0.4) is 0 Å². The van der Waals surface area contributed by atoms with Crippen LogP contribution >= 0.6 is 11.6 Å². The summed E-state index contributed by atoms with van der Waals surface area (Å²) in [5.74, 6) is -0.316. The van der Waals surface area contributed by atoms with Crippen molar-refractivity contribution in [3.8, 4) is 5.75 Å². The van der Waals surface area contributed by atoms with Crippen LogP contribution in [0, 0.1) is 12.7 Å². The Kier molecular flexibility index (Phi) is 7.54. The van der Waals surface area contributed by atoms with Crippen molar-refractivity contribution >= 4 is 11.6 Å². The first-order valence-corrected chi connectivity index (χ1v) is 10.2. The van der Waals surface area contributed by atoms with Crippen molar-refractivity contribution in [2.45, 2.75) is 63.7 Å². The fraction of sp³-hybridized carbons (Fsp3) is 0.455. The quantitative estimate of drug-likeness (QED) is 0.446.